The van der Waals surface area contributed by atoms with Gasteiger partial charge < -0.3 is 10.6 Å². The van der Waals surface area contributed by atoms with E-state index in [1.807, 2.05) is 13.1 Å². The van der Waals surface area contributed by atoms with Crippen molar-refractivity contribution in [3.63, 3.8) is 0 Å². The topological polar surface area (TPSA) is 47.1 Å². The molecule has 4 heteroatoms. The summed E-state index contributed by atoms with van der Waals surface area (Å²) >= 11 is 0. The first-order chi connectivity index (χ1) is 10.2. The average molecular weight is 282 g/mol. The highest BCUT2D eigenvalue weighted by molar-refractivity contribution is 5.62. The lowest BCUT2D eigenvalue weighted by Gasteiger charge is -2.48. The Kier molecular flexibility index (Phi) is 2.82. The van der Waals surface area contributed by atoms with Gasteiger partial charge in [0.05, 0.1) is 5.69 Å². The molecule has 0 amide bonds. The molecular weight excluding hydrogens is 260 g/mol. The van der Waals surface area contributed by atoms with Crippen molar-refractivity contribution in [2.24, 2.45) is 7.05 Å². The number of hydrogen-bond donors (Lipinski definition) is 1. The van der Waals surface area contributed by atoms with E-state index in [4.69, 9.17) is 5.73 Å². The van der Waals surface area contributed by atoms with E-state index in [9.17, 15) is 0 Å². The van der Waals surface area contributed by atoms with E-state index in [2.05, 4.69) is 34.3 Å². The summed E-state index contributed by atoms with van der Waals surface area (Å²) in [5.74, 6) is 0.701. The molecule has 1 aromatic carbocycles. The number of aromatic nitrogens is 2. The normalized spacial score (nSPS) is 28.0. The molecule has 0 radical (unpaired) electrons. The first-order valence-electron chi connectivity index (χ1n) is 7.79. The van der Waals surface area contributed by atoms with Gasteiger partial charge in [-0.1, -0.05) is 24.3 Å². The van der Waals surface area contributed by atoms with E-state index in [1.165, 1.54) is 44.5 Å². The molecular formula is C17H22N4. The van der Waals surface area contributed by atoms with E-state index in [0.29, 0.717) is 11.2 Å². The minimum absolute atomic E-state index is 0.427. The van der Waals surface area contributed by atoms with E-state index >= 15 is 0 Å². The van der Waals surface area contributed by atoms with E-state index in [1.54, 1.807) is 4.68 Å². The Morgan fingerprint density at radius 2 is 1.67 bits per heavy atom. The summed E-state index contributed by atoms with van der Waals surface area (Å²) < 4.78 is 1.72. The molecule has 2 N–H and O–H groups in total. The molecule has 5 rings (SSSR count). The molecule has 0 unspecified atom stereocenters. The number of nitrogen functional groups attached to an aromatic ring is 1. The number of hydrogen-bond acceptors (Lipinski definition) is 3. The molecule has 2 aromatic rings. The fraction of sp³-hybridized carbons (Fsp3) is 0.471. The van der Waals surface area contributed by atoms with Gasteiger partial charge in [-0.15, -0.1) is 0 Å². The quantitative estimate of drug-likeness (QED) is 0.920. The van der Waals surface area contributed by atoms with Crippen LogP contribution in [-0.4, -0.2) is 34.3 Å². The van der Waals surface area contributed by atoms with E-state index in [-0.39, 0.29) is 0 Å². The Morgan fingerprint density at radius 3 is 2.19 bits per heavy atom. The van der Waals surface area contributed by atoms with Crippen molar-refractivity contribution >= 4 is 5.82 Å². The molecule has 4 nitrogen and oxygen atoms in total. The van der Waals surface area contributed by atoms with Crippen LogP contribution in [0.4, 0.5) is 5.82 Å². The average Bonchev–Trinajstić information content (AvgIpc) is 2.89. The van der Waals surface area contributed by atoms with Crippen molar-refractivity contribution in [3.05, 3.63) is 35.9 Å². The molecule has 110 valence electrons. The first kappa shape index (κ1) is 12.9. The number of aryl methyl sites for hydroxylation is 1. The van der Waals surface area contributed by atoms with Gasteiger partial charge in [0, 0.05) is 18.7 Å². The second-order valence-corrected chi connectivity index (χ2v) is 6.53. The third kappa shape index (κ3) is 2.05. The largest absolute Gasteiger partial charge is 0.384 e. The number of fused-ring (bicyclic) bond motifs is 3. The van der Waals surface area contributed by atoms with Gasteiger partial charge in [0.1, 0.15) is 5.82 Å². The Hall–Kier alpha value is -1.81. The lowest BCUT2D eigenvalue weighted by molar-refractivity contribution is 0.0818. The molecule has 3 saturated heterocycles. The van der Waals surface area contributed by atoms with Crippen LogP contribution in [0.1, 0.15) is 24.8 Å². The van der Waals surface area contributed by atoms with Crippen LogP contribution in [-0.2, 0) is 12.5 Å². The van der Waals surface area contributed by atoms with Crippen molar-refractivity contribution in [2.75, 3.05) is 25.4 Å². The molecule has 0 aliphatic carbocycles. The van der Waals surface area contributed by atoms with Gasteiger partial charge in [0.25, 0.3) is 0 Å². The number of anilines is 1. The maximum absolute atomic E-state index is 5.87. The van der Waals surface area contributed by atoms with Gasteiger partial charge in [-0.2, -0.15) is 5.10 Å². The molecule has 4 heterocycles. The van der Waals surface area contributed by atoms with Crippen LogP contribution in [0.3, 0.4) is 0 Å². The van der Waals surface area contributed by atoms with Crippen molar-refractivity contribution < 1.29 is 0 Å². The molecule has 0 atom stereocenters. The fourth-order valence-electron chi connectivity index (χ4n) is 3.88. The fourth-order valence-corrected chi connectivity index (χ4v) is 3.88. The summed E-state index contributed by atoms with van der Waals surface area (Å²) in [6.07, 6.45) is 3.93. The maximum Gasteiger partial charge on any atom is 0.121 e. The summed E-state index contributed by atoms with van der Waals surface area (Å²) in [6.45, 7) is 3.79. The second kappa shape index (κ2) is 4.60. The van der Waals surface area contributed by atoms with Crippen LogP contribution in [0, 0.1) is 0 Å². The van der Waals surface area contributed by atoms with Crippen molar-refractivity contribution in [2.45, 2.75) is 24.7 Å². The zero-order valence-corrected chi connectivity index (χ0v) is 12.5. The summed E-state index contributed by atoms with van der Waals surface area (Å²) in [7, 11) is 1.88. The Balaban J connectivity index is 1.64. The lowest BCUT2D eigenvalue weighted by atomic mass is 9.67. The number of rotatable bonds is 2. The summed E-state index contributed by atoms with van der Waals surface area (Å²) in [5.41, 5.74) is 9.91. The van der Waals surface area contributed by atoms with Crippen LogP contribution < -0.4 is 5.73 Å². The molecule has 21 heavy (non-hydrogen) atoms. The number of piperidine rings is 3. The van der Waals surface area contributed by atoms with Crippen molar-refractivity contribution in [1.29, 1.82) is 0 Å². The van der Waals surface area contributed by atoms with Gasteiger partial charge in [-0.3, -0.25) is 4.68 Å². The molecule has 0 saturated carbocycles. The lowest BCUT2D eigenvalue weighted by Crippen LogP contribution is -2.50. The Morgan fingerprint density at radius 1 is 1.05 bits per heavy atom. The molecule has 0 spiro atoms. The Labute approximate surface area is 125 Å². The Bertz CT molecular complexity index is 615. The smallest absolute Gasteiger partial charge is 0.121 e. The molecule has 1 aromatic heterocycles. The monoisotopic (exact) mass is 282 g/mol. The van der Waals surface area contributed by atoms with Crippen LogP contribution in [0.5, 0.6) is 0 Å². The van der Waals surface area contributed by atoms with Gasteiger partial charge in [-0.25, -0.2) is 0 Å². The van der Waals surface area contributed by atoms with Crippen LogP contribution in [0.2, 0.25) is 0 Å². The van der Waals surface area contributed by atoms with E-state index in [0.717, 1.165) is 11.3 Å². The SMILES string of the molecule is Cn1nc(-c2ccc(C34CCN(CC3)CC4)cc2)cc1N. The predicted octanol–water partition coefficient (Wildman–Crippen LogP) is 2.41. The first-order valence-corrected chi connectivity index (χ1v) is 7.79. The molecule has 2 bridgehead atoms. The van der Waals surface area contributed by atoms with Crippen molar-refractivity contribution in [3.8, 4) is 11.3 Å². The van der Waals surface area contributed by atoms with Crippen LogP contribution in [0.15, 0.2) is 30.3 Å². The van der Waals surface area contributed by atoms with Crippen LogP contribution in [0.25, 0.3) is 11.3 Å². The highest BCUT2D eigenvalue weighted by Gasteiger charge is 2.40. The standard InChI is InChI=1S/C17H22N4/c1-20-16(18)12-15(19-20)13-2-4-14(5-3-13)17-6-9-21(10-7-17)11-8-17/h2-5,12H,6-11,18H2,1H3. The third-order valence-electron chi connectivity index (χ3n) is 5.43. The number of benzene rings is 1. The molecule has 3 aliphatic rings. The minimum Gasteiger partial charge on any atom is -0.384 e. The van der Waals surface area contributed by atoms with Gasteiger partial charge in [-0.05, 0) is 49.9 Å². The third-order valence-corrected chi connectivity index (χ3v) is 5.43. The second-order valence-electron chi connectivity index (χ2n) is 6.53. The highest BCUT2D eigenvalue weighted by atomic mass is 15.3. The number of nitrogens with zero attached hydrogens (tertiary/aromatic N) is 3. The maximum atomic E-state index is 5.87. The van der Waals surface area contributed by atoms with Gasteiger partial charge in [0.2, 0.25) is 0 Å². The van der Waals surface area contributed by atoms with E-state index < -0.39 is 0 Å². The highest BCUT2D eigenvalue weighted by Crippen LogP contribution is 2.43. The summed E-state index contributed by atoms with van der Waals surface area (Å²) in [5, 5.41) is 4.45. The summed E-state index contributed by atoms with van der Waals surface area (Å²) in [4.78, 5) is 2.59. The zero-order valence-electron chi connectivity index (χ0n) is 12.5. The summed E-state index contributed by atoms with van der Waals surface area (Å²) in [6, 6.07) is 11.0. The molecule has 3 fully saturated rings. The zero-order chi connectivity index (χ0) is 14.4. The van der Waals surface area contributed by atoms with Crippen LogP contribution >= 0.6 is 0 Å². The minimum atomic E-state index is 0.427. The number of nitrogens with two attached hydrogens (primary N) is 1. The molecule has 3 aliphatic heterocycles. The van der Waals surface area contributed by atoms with Crippen molar-refractivity contribution in [1.82, 2.24) is 14.7 Å². The van der Waals surface area contributed by atoms with Gasteiger partial charge >= 0.3 is 0 Å². The predicted molar refractivity (Wildman–Crippen MR) is 85.0 cm³/mol. The van der Waals surface area contributed by atoms with Gasteiger partial charge in [0.15, 0.2) is 0 Å².